The fourth-order valence-electron chi connectivity index (χ4n) is 1.24. The first-order valence-electron chi connectivity index (χ1n) is 5.57. The fraction of sp³-hybridized carbons (Fsp3) is 1.00. The molecule has 0 rings (SSSR count). The first-order chi connectivity index (χ1) is 6.31. The molecule has 0 bridgehead atoms. The minimum absolute atomic E-state index is 0.150. The molecule has 0 aliphatic heterocycles. The van der Waals surface area contributed by atoms with Crippen LogP contribution in [0.3, 0.4) is 0 Å². The smallest absolute Gasteiger partial charge is 0.0562 e. The number of ether oxygens (including phenoxy) is 1. The highest BCUT2D eigenvalue weighted by atomic mass is 16.5. The van der Waals surface area contributed by atoms with E-state index in [1.165, 1.54) is 12.8 Å². The van der Waals surface area contributed by atoms with Crippen molar-refractivity contribution in [2.75, 3.05) is 13.2 Å². The standard InChI is InChI=1S/C11H24O2/c1-3-5-6-7-11(12)8-10-13-9-4-2/h11-12H,3-10H2,1-2H3. The molecular formula is C11H24O2. The molecule has 13 heavy (non-hydrogen) atoms. The van der Waals surface area contributed by atoms with Crippen LogP contribution < -0.4 is 0 Å². The number of aliphatic hydroxyl groups excluding tert-OH is 1. The van der Waals surface area contributed by atoms with Gasteiger partial charge in [-0.1, -0.05) is 33.1 Å². The lowest BCUT2D eigenvalue weighted by Gasteiger charge is -2.09. The molecule has 2 nitrogen and oxygen atoms in total. The highest BCUT2D eigenvalue weighted by Gasteiger charge is 2.02. The molecule has 0 saturated heterocycles. The van der Waals surface area contributed by atoms with Crippen molar-refractivity contribution < 1.29 is 9.84 Å². The maximum atomic E-state index is 9.50. The third kappa shape index (κ3) is 9.84. The zero-order chi connectivity index (χ0) is 9.94. The number of hydrogen-bond acceptors (Lipinski definition) is 2. The molecule has 1 atom stereocenters. The molecule has 0 radical (unpaired) electrons. The predicted octanol–water partition coefficient (Wildman–Crippen LogP) is 2.74. The quantitative estimate of drug-likeness (QED) is 0.564. The monoisotopic (exact) mass is 188 g/mol. The first kappa shape index (κ1) is 12.9. The molecule has 0 spiro atoms. The summed E-state index contributed by atoms with van der Waals surface area (Å²) in [6, 6.07) is 0. The zero-order valence-corrected chi connectivity index (χ0v) is 9.09. The van der Waals surface area contributed by atoms with Crippen molar-refractivity contribution in [1.29, 1.82) is 0 Å². The highest BCUT2D eigenvalue weighted by Crippen LogP contribution is 2.06. The first-order valence-corrected chi connectivity index (χ1v) is 5.57. The normalized spacial score (nSPS) is 13.2. The Morgan fingerprint density at radius 1 is 1.00 bits per heavy atom. The minimum Gasteiger partial charge on any atom is -0.393 e. The lowest BCUT2D eigenvalue weighted by Crippen LogP contribution is -2.10. The SMILES string of the molecule is CCCCCC(O)CCOCCC. The van der Waals surface area contributed by atoms with E-state index in [1.54, 1.807) is 0 Å². The average molecular weight is 188 g/mol. The predicted molar refractivity (Wildman–Crippen MR) is 55.9 cm³/mol. The van der Waals surface area contributed by atoms with Gasteiger partial charge in [0.2, 0.25) is 0 Å². The second-order valence-electron chi connectivity index (χ2n) is 3.55. The Kier molecular flexibility index (Phi) is 9.94. The van der Waals surface area contributed by atoms with Gasteiger partial charge in [-0.2, -0.15) is 0 Å². The Balaban J connectivity index is 3.05. The number of aliphatic hydroxyl groups is 1. The fourth-order valence-corrected chi connectivity index (χ4v) is 1.24. The zero-order valence-electron chi connectivity index (χ0n) is 9.09. The number of unbranched alkanes of at least 4 members (excludes halogenated alkanes) is 2. The molecule has 0 aliphatic rings. The van der Waals surface area contributed by atoms with Crippen LogP contribution >= 0.6 is 0 Å². The van der Waals surface area contributed by atoms with E-state index in [9.17, 15) is 5.11 Å². The molecule has 0 fully saturated rings. The Bertz CT molecular complexity index is 94.1. The van der Waals surface area contributed by atoms with Crippen LogP contribution in [0.4, 0.5) is 0 Å². The number of rotatable bonds is 9. The van der Waals surface area contributed by atoms with Gasteiger partial charge < -0.3 is 9.84 Å². The molecular weight excluding hydrogens is 164 g/mol. The molecule has 0 saturated carbocycles. The van der Waals surface area contributed by atoms with E-state index in [1.807, 2.05) is 0 Å². The van der Waals surface area contributed by atoms with Crippen LogP contribution in [0.15, 0.2) is 0 Å². The minimum atomic E-state index is -0.150. The van der Waals surface area contributed by atoms with E-state index in [4.69, 9.17) is 4.74 Å². The molecule has 0 aliphatic carbocycles. The van der Waals surface area contributed by atoms with Crippen LogP contribution in [0.1, 0.15) is 52.4 Å². The Morgan fingerprint density at radius 3 is 2.38 bits per heavy atom. The van der Waals surface area contributed by atoms with Gasteiger partial charge >= 0.3 is 0 Å². The topological polar surface area (TPSA) is 29.5 Å². The van der Waals surface area contributed by atoms with Gasteiger partial charge in [-0.25, -0.2) is 0 Å². The largest absolute Gasteiger partial charge is 0.393 e. The second-order valence-corrected chi connectivity index (χ2v) is 3.55. The van der Waals surface area contributed by atoms with Gasteiger partial charge in [-0.05, 0) is 19.3 Å². The molecule has 0 amide bonds. The van der Waals surface area contributed by atoms with Crippen molar-refractivity contribution in [3.8, 4) is 0 Å². The van der Waals surface area contributed by atoms with Crippen molar-refractivity contribution in [2.24, 2.45) is 0 Å². The summed E-state index contributed by atoms with van der Waals surface area (Å²) >= 11 is 0. The summed E-state index contributed by atoms with van der Waals surface area (Å²) in [6.07, 6.45) is 6.24. The van der Waals surface area contributed by atoms with E-state index in [0.717, 1.165) is 32.3 Å². The van der Waals surface area contributed by atoms with E-state index >= 15 is 0 Å². The Morgan fingerprint density at radius 2 is 1.77 bits per heavy atom. The Labute approximate surface area is 82.3 Å². The third-order valence-corrected chi connectivity index (χ3v) is 2.08. The molecule has 1 unspecified atom stereocenters. The van der Waals surface area contributed by atoms with E-state index in [2.05, 4.69) is 13.8 Å². The lowest BCUT2D eigenvalue weighted by molar-refractivity contribution is 0.0772. The summed E-state index contributed by atoms with van der Waals surface area (Å²) in [5, 5.41) is 9.50. The Hall–Kier alpha value is -0.0800. The molecule has 1 N–H and O–H groups in total. The van der Waals surface area contributed by atoms with Crippen LogP contribution in [0.5, 0.6) is 0 Å². The van der Waals surface area contributed by atoms with Gasteiger partial charge in [-0.15, -0.1) is 0 Å². The van der Waals surface area contributed by atoms with Crippen molar-refractivity contribution in [3.63, 3.8) is 0 Å². The number of hydrogen-bond donors (Lipinski definition) is 1. The lowest BCUT2D eigenvalue weighted by atomic mass is 10.1. The van der Waals surface area contributed by atoms with E-state index < -0.39 is 0 Å². The average Bonchev–Trinajstić information content (AvgIpc) is 2.13. The molecule has 0 aromatic rings. The highest BCUT2D eigenvalue weighted by molar-refractivity contribution is 4.55. The van der Waals surface area contributed by atoms with Crippen molar-refractivity contribution in [2.45, 2.75) is 58.5 Å². The molecule has 0 aromatic carbocycles. The van der Waals surface area contributed by atoms with Crippen molar-refractivity contribution in [3.05, 3.63) is 0 Å². The summed E-state index contributed by atoms with van der Waals surface area (Å²) in [4.78, 5) is 0. The van der Waals surface area contributed by atoms with Gasteiger partial charge in [0.25, 0.3) is 0 Å². The van der Waals surface area contributed by atoms with Gasteiger partial charge in [0, 0.05) is 13.2 Å². The van der Waals surface area contributed by atoms with Crippen LogP contribution in [-0.2, 0) is 4.74 Å². The summed E-state index contributed by atoms with van der Waals surface area (Å²) in [5.41, 5.74) is 0. The maximum absolute atomic E-state index is 9.50. The van der Waals surface area contributed by atoms with Gasteiger partial charge in [0.05, 0.1) is 6.10 Å². The molecule has 80 valence electrons. The molecule has 2 heteroatoms. The summed E-state index contributed by atoms with van der Waals surface area (Å²) in [7, 11) is 0. The van der Waals surface area contributed by atoms with Gasteiger partial charge in [0.1, 0.15) is 0 Å². The molecule has 0 aromatic heterocycles. The summed E-state index contributed by atoms with van der Waals surface area (Å²) in [5.74, 6) is 0. The molecule has 0 heterocycles. The van der Waals surface area contributed by atoms with Crippen LogP contribution in [0.25, 0.3) is 0 Å². The van der Waals surface area contributed by atoms with Crippen LogP contribution in [-0.4, -0.2) is 24.4 Å². The van der Waals surface area contributed by atoms with E-state index in [0.29, 0.717) is 6.61 Å². The second kappa shape index (κ2) is 10.0. The van der Waals surface area contributed by atoms with Gasteiger partial charge in [0.15, 0.2) is 0 Å². The van der Waals surface area contributed by atoms with Gasteiger partial charge in [-0.3, -0.25) is 0 Å². The summed E-state index contributed by atoms with van der Waals surface area (Å²) < 4.78 is 5.30. The van der Waals surface area contributed by atoms with E-state index in [-0.39, 0.29) is 6.10 Å². The summed E-state index contributed by atoms with van der Waals surface area (Å²) in [6.45, 7) is 5.80. The van der Waals surface area contributed by atoms with Crippen LogP contribution in [0.2, 0.25) is 0 Å². The van der Waals surface area contributed by atoms with Crippen LogP contribution in [0, 0.1) is 0 Å². The third-order valence-electron chi connectivity index (χ3n) is 2.08. The maximum Gasteiger partial charge on any atom is 0.0562 e. The van der Waals surface area contributed by atoms with Crippen molar-refractivity contribution in [1.82, 2.24) is 0 Å². The van der Waals surface area contributed by atoms with Crippen molar-refractivity contribution >= 4 is 0 Å².